The molecule has 0 aromatic heterocycles. The molecule has 0 spiro atoms. The Morgan fingerprint density at radius 3 is 2.74 bits per heavy atom. The van der Waals surface area contributed by atoms with Crippen molar-refractivity contribution in [1.82, 2.24) is 0 Å². The summed E-state index contributed by atoms with van der Waals surface area (Å²) < 4.78 is 0. The molecule has 2 aromatic rings. The van der Waals surface area contributed by atoms with Crippen LogP contribution < -0.4 is 4.90 Å². The van der Waals surface area contributed by atoms with Crippen LogP contribution in [0.1, 0.15) is 44.1 Å². The lowest BCUT2D eigenvalue weighted by Crippen LogP contribution is -2.29. The number of rotatable bonds is 5. The number of amides is 1. The van der Waals surface area contributed by atoms with Crippen LogP contribution in [-0.4, -0.2) is 23.4 Å². The predicted octanol–water partition coefficient (Wildman–Crippen LogP) is 4.79. The van der Waals surface area contributed by atoms with Crippen LogP contribution in [0.25, 0.3) is 10.8 Å². The van der Waals surface area contributed by atoms with E-state index >= 15 is 0 Å². The van der Waals surface area contributed by atoms with Gasteiger partial charge in [0.15, 0.2) is 0 Å². The summed E-state index contributed by atoms with van der Waals surface area (Å²) in [7, 11) is 0. The van der Waals surface area contributed by atoms with Crippen molar-refractivity contribution in [2.45, 2.75) is 38.5 Å². The number of anilines is 1. The zero-order valence-corrected chi connectivity index (χ0v) is 14.1. The highest BCUT2D eigenvalue weighted by atomic mass is 35.5. The Kier molecular flexibility index (Phi) is 4.76. The first-order valence-corrected chi connectivity index (χ1v) is 8.81. The molecule has 1 heterocycles. The summed E-state index contributed by atoms with van der Waals surface area (Å²) in [5.74, 6) is 0.941. The van der Waals surface area contributed by atoms with E-state index in [1.807, 2.05) is 29.2 Å². The minimum Gasteiger partial charge on any atom is -0.507 e. The Morgan fingerprint density at radius 2 is 2.04 bits per heavy atom. The van der Waals surface area contributed by atoms with Crippen LogP contribution in [0.15, 0.2) is 30.3 Å². The average Bonchev–Trinajstić information content (AvgIpc) is 2.94. The van der Waals surface area contributed by atoms with Crippen molar-refractivity contribution < 1.29 is 9.90 Å². The molecule has 1 aliphatic rings. The maximum absolute atomic E-state index is 12.6. The van der Waals surface area contributed by atoms with Gasteiger partial charge in [-0.05, 0) is 17.4 Å². The molecule has 0 saturated heterocycles. The standard InChI is InChI=1S/C19H22ClNO2/c1-2-3-4-9-18(23)21-12-13(11-20)19-15-8-6-5-7-14(15)17(22)10-16(19)21/h5-8,10,13,22H,2-4,9,11-12H2,1H3/t13-/m1/s1. The summed E-state index contributed by atoms with van der Waals surface area (Å²) in [5, 5.41) is 12.2. The summed E-state index contributed by atoms with van der Waals surface area (Å²) >= 11 is 6.17. The van der Waals surface area contributed by atoms with Gasteiger partial charge >= 0.3 is 0 Å². The first-order chi connectivity index (χ1) is 11.2. The summed E-state index contributed by atoms with van der Waals surface area (Å²) in [6, 6.07) is 9.49. The molecule has 1 amide bonds. The van der Waals surface area contributed by atoms with Crippen LogP contribution in [0.2, 0.25) is 0 Å². The van der Waals surface area contributed by atoms with Gasteiger partial charge in [-0.2, -0.15) is 0 Å². The monoisotopic (exact) mass is 331 g/mol. The second kappa shape index (κ2) is 6.79. The maximum Gasteiger partial charge on any atom is 0.227 e. The number of benzene rings is 2. The highest BCUT2D eigenvalue weighted by Gasteiger charge is 2.33. The first kappa shape index (κ1) is 16.1. The van der Waals surface area contributed by atoms with Gasteiger partial charge in [0, 0.05) is 36.2 Å². The van der Waals surface area contributed by atoms with E-state index in [0.29, 0.717) is 18.8 Å². The molecule has 0 aliphatic carbocycles. The Hall–Kier alpha value is -1.74. The van der Waals surface area contributed by atoms with Gasteiger partial charge in [0.1, 0.15) is 5.75 Å². The molecular formula is C19H22ClNO2. The van der Waals surface area contributed by atoms with E-state index in [0.717, 1.165) is 41.3 Å². The Bertz CT molecular complexity index is 729. The predicted molar refractivity (Wildman–Crippen MR) is 95.6 cm³/mol. The number of fused-ring (bicyclic) bond motifs is 3. The van der Waals surface area contributed by atoms with Crippen LogP contribution in [0.3, 0.4) is 0 Å². The third-order valence-corrected chi connectivity index (χ3v) is 5.00. The number of phenolic OH excluding ortho intramolecular Hbond substituents is 1. The fourth-order valence-electron chi connectivity index (χ4n) is 3.45. The van der Waals surface area contributed by atoms with Gasteiger partial charge in [-0.25, -0.2) is 0 Å². The second-order valence-corrected chi connectivity index (χ2v) is 6.50. The highest BCUT2D eigenvalue weighted by Crippen LogP contribution is 2.45. The molecule has 3 rings (SSSR count). The molecule has 0 radical (unpaired) electrons. The van der Waals surface area contributed by atoms with Crippen molar-refractivity contribution in [3.63, 3.8) is 0 Å². The molecule has 4 heteroatoms. The quantitative estimate of drug-likeness (QED) is 0.631. The molecule has 0 saturated carbocycles. The Balaban J connectivity index is 2.02. The normalized spacial score (nSPS) is 16.8. The maximum atomic E-state index is 12.6. The van der Waals surface area contributed by atoms with Gasteiger partial charge in [0.2, 0.25) is 5.91 Å². The van der Waals surface area contributed by atoms with Crippen molar-refractivity contribution in [3.05, 3.63) is 35.9 Å². The SMILES string of the molecule is CCCCCC(=O)N1C[C@@H](CCl)c2c1cc(O)c1ccccc21. The number of hydrogen-bond donors (Lipinski definition) is 1. The number of unbranched alkanes of at least 4 members (excludes halogenated alkanes) is 2. The van der Waals surface area contributed by atoms with Crippen LogP contribution in [0, 0.1) is 0 Å². The van der Waals surface area contributed by atoms with Crippen LogP contribution >= 0.6 is 11.6 Å². The lowest BCUT2D eigenvalue weighted by molar-refractivity contribution is -0.118. The fourth-order valence-corrected chi connectivity index (χ4v) is 3.70. The van der Waals surface area contributed by atoms with Gasteiger partial charge in [0.05, 0.1) is 5.69 Å². The summed E-state index contributed by atoms with van der Waals surface area (Å²) in [6.45, 7) is 2.74. The minimum atomic E-state index is 0.118. The molecule has 1 aliphatic heterocycles. The van der Waals surface area contributed by atoms with E-state index in [1.165, 1.54) is 0 Å². The Labute approximate surface area is 141 Å². The topological polar surface area (TPSA) is 40.5 Å². The van der Waals surface area contributed by atoms with Crippen molar-refractivity contribution in [2.24, 2.45) is 0 Å². The molecule has 3 nitrogen and oxygen atoms in total. The number of phenols is 1. The van der Waals surface area contributed by atoms with Gasteiger partial charge in [0.25, 0.3) is 0 Å². The van der Waals surface area contributed by atoms with Crippen LogP contribution in [-0.2, 0) is 4.79 Å². The molecular weight excluding hydrogens is 310 g/mol. The second-order valence-electron chi connectivity index (χ2n) is 6.19. The van der Waals surface area contributed by atoms with Crippen molar-refractivity contribution >= 4 is 34.0 Å². The third-order valence-electron chi connectivity index (χ3n) is 4.63. The van der Waals surface area contributed by atoms with Gasteiger partial charge in [-0.1, -0.05) is 44.0 Å². The number of carbonyl (C=O) groups excluding carboxylic acids is 1. The number of nitrogens with zero attached hydrogens (tertiary/aromatic N) is 1. The molecule has 1 atom stereocenters. The molecule has 1 N–H and O–H groups in total. The van der Waals surface area contributed by atoms with Crippen molar-refractivity contribution in [3.8, 4) is 5.75 Å². The minimum absolute atomic E-state index is 0.118. The number of alkyl halides is 1. The molecule has 23 heavy (non-hydrogen) atoms. The smallest absolute Gasteiger partial charge is 0.227 e. The van der Waals surface area contributed by atoms with E-state index in [1.54, 1.807) is 6.07 Å². The lowest BCUT2D eigenvalue weighted by Gasteiger charge is -2.18. The average molecular weight is 332 g/mol. The summed E-state index contributed by atoms with van der Waals surface area (Å²) in [6.07, 6.45) is 3.62. The number of hydrogen-bond acceptors (Lipinski definition) is 2. The van der Waals surface area contributed by atoms with Gasteiger partial charge < -0.3 is 10.0 Å². The van der Waals surface area contributed by atoms with Crippen LogP contribution in [0.4, 0.5) is 5.69 Å². The fraction of sp³-hybridized carbons (Fsp3) is 0.421. The molecule has 0 fully saturated rings. The highest BCUT2D eigenvalue weighted by molar-refractivity contribution is 6.19. The summed E-state index contributed by atoms with van der Waals surface area (Å²) in [4.78, 5) is 14.4. The number of carbonyl (C=O) groups is 1. The van der Waals surface area contributed by atoms with Crippen LogP contribution in [0.5, 0.6) is 5.75 Å². The zero-order chi connectivity index (χ0) is 16.4. The molecule has 2 aromatic carbocycles. The van der Waals surface area contributed by atoms with Gasteiger partial charge in [-0.3, -0.25) is 4.79 Å². The molecule has 122 valence electrons. The Morgan fingerprint density at radius 1 is 1.30 bits per heavy atom. The zero-order valence-electron chi connectivity index (χ0n) is 13.4. The molecule has 0 unspecified atom stereocenters. The third kappa shape index (κ3) is 2.90. The van der Waals surface area contributed by atoms with E-state index < -0.39 is 0 Å². The van der Waals surface area contributed by atoms with Crippen molar-refractivity contribution in [1.29, 1.82) is 0 Å². The van der Waals surface area contributed by atoms with Crippen molar-refractivity contribution in [2.75, 3.05) is 17.3 Å². The van der Waals surface area contributed by atoms with E-state index in [-0.39, 0.29) is 17.6 Å². The summed E-state index contributed by atoms with van der Waals surface area (Å²) in [5.41, 5.74) is 1.92. The molecule has 0 bridgehead atoms. The number of aromatic hydroxyl groups is 1. The lowest BCUT2D eigenvalue weighted by atomic mass is 9.95. The van der Waals surface area contributed by atoms with E-state index in [4.69, 9.17) is 11.6 Å². The van der Waals surface area contributed by atoms with E-state index in [2.05, 4.69) is 6.92 Å². The van der Waals surface area contributed by atoms with Gasteiger partial charge in [-0.15, -0.1) is 11.6 Å². The first-order valence-electron chi connectivity index (χ1n) is 8.28. The van der Waals surface area contributed by atoms with E-state index in [9.17, 15) is 9.90 Å². The largest absolute Gasteiger partial charge is 0.507 e. The number of halogens is 1.